The summed E-state index contributed by atoms with van der Waals surface area (Å²) in [4.78, 5) is 22.5. The Hall–Kier alpha value is -7.01. The van der Waals surface area contributed by atoms with Crippen LogP contribution in [0.15, 0.2) is 206 Å². The van der Waals surface area contributed by atoms with E-state index >= 15 is 0 Å². The van der Waals surface area contributed by atoms with Gasteiger partial charge in [-0.2, -0.15) is 0 Å². The predicted octanol–water partition coefficient (Wildman–Crippen LogP) is 35.2. The third-order valence-electron chi connectivity index (χ3n) is 19.9. The Morgan fingerprint density at radius 3 is 1.21 bits per heavy atom. The number of fused-ring (bicyclic) bond motifs is 1. The normalized spacial score (nSPS) is 12.7. The first-order chi connectivity index (χ1) is 55.3. The van der Waals surface area contributed by atoms with Gasteiger partial charge in [0, 0.05) is 67.4 Å². The van der Waals surface area contributed by atoms with E-state index in [1.807, 2.05) is 80.3 Å². The lowest BCUT2D eigenvalue weighted by molar-refractivity contribution is 0.180. The fraction of sp³-hybridized carbons (Fsp3) is 0.523. The summed E-state index contributed by atoms with van der Waals surface area (Å²) in [7, 11) is 0. The summed E-state index contributed by atoms with van der Waals surface area (Å²) in [6.07, 6.45) is 17.3. The molecule has 5 heterocycles. The average Bonchev–Trinajstić information content (AvgIpc) is 1.66. The molecule has 12 rings (SSSR count). The molecule has 1 fully saturated rings. The summed E-state index contributed by atoms with van der Waals surface area (Å²) in [5.74, 6) is 1.35. The molecular weight excluding hydrogens is 1550 g/mol. The van der Waals surface area contributed by atoms with Crippen LogP contribution in [0.2, 0.25) is 5.02 Å². The van der Waals surface area contributed by atoms with E-state index in [2.05, 4.69) is 408 Å². The minimum atomic E-state index is -0.280. The molecule has 0 saturated heterocycles. The van der Waals surface area contributed by atoms with Gasteiger partial charge in [-0.15, -0.1) is 34.0 Å². The van der Waals surface area contributed by atoms with Gasteiger partial charge in [-0.25, -0.2) is 19.3 Å². The smallest absolute Gasteiger partial charge is 0.141 e. The average molecular weight is 1720 g/mol. The van der Waals surface area contributed by atoms with Crippen molar-refractivity contribution in [3.8, 4) is 0 Å². The molecule has 1 saturated carbocycles. The van der Waals surface area contributed by atoms with E-state index in [0.29, 0.717) is 16.7 Å². The third-order valence-corrected chi connectivity index (χ3v) is 24.1. The highest BCUT2D eigenvalue weighted by Gasteiger charge is 2.26. The summed E-state index contributed by atoms with van der Waals surface area (Å²) >= 11 is 11.2. The van der Waals surface area contributed by atoms with Crippen LogP contribution >= 0.6 is 45.6 Å². The fourth-order valence-corrected chi connectivity index (χ4v) is 14.8. The maximum atomic E-state index is 12.4. The highest BCUT2D eigenvalue weighted by Crippen LogP contribution is 2.38. The first-order valence-corrected chi connectivity index (χ1v) is 46.9. The Morgan fingerprint density at radius 1 is 0.388 bits per heavy atom. The van der Waals surface area contributed by atoms with Crippen molar-refractivity contribution < 1.29 is 4.39 Å². The number of aromatic nitrogens is 5. The van der Waals surface area contributed by atoms with E-state index in [0.717, 1.165) is 28.6 Å². The standard InChI is InChI=1S/C13H20.C12H15NS.3C11H16.C10H13Cl.C10H20.C9H12FN.C9H13N.C8H13NS.C7H11NS/c1-10(2)11-6-8-12(9-7-11)13(3,4)5;1-8-5-6-9-10(7-8)14-11(13-9)12(2,3)4;1-9-5-7-10(8-6-9)11(2,3)4;1-9-6-5-7-10(8-9)11(2,3)4;1-11(2,3)9-10-7-5-4-6-8-10;1-10(2,3)8-5-4-6-9(11)7-8;1-10(2,3)9-7-5-4-6-8-9;1-9(2,3)8-5-4-7(10)6-11-8;1-9(2,3)8-5-4-6-10-7-8;1-6-5-9-7(10-6)8(2,3)4;1-7(2,3)6-8-4-5-9-6/h6-10H,1-5H3;5-7H,1-4H3;2*5-8H,1-4H3;4-8H,9H2,1-3H3;4-7H,1-3H3;9H,4-8H2,1-3H3;4-6H,1-3H3;4-7H,1-3H3;5H,1-4H3;4-5H,1-3H3. The topological polar surface area (TPSA) is 64.5 Å². The van der Waals surface area contributed by atoms with Crippen LogP contribution in [0.4, 0.5) is 4.39 Å². The van der Waals surface area contributed by atoms with Gasteiger partial charge in [-0.1, -0.05) is 412 Å². The van der Waals surface area contributed by atoms with E-state index in [-0.39, 0.29) is 54.6 Å². The second-order valence-electron chi connectivity index (χ2n) is 44.4. The predicted molar refractivity (Wildman–Crippen MR) is 540 cm³/mol. The van der Waals surface area contributed by atoms with Gasteiger partial charge in [0.15, 0.2) is 0 Å². The summed E-state index contributed by atoms with van der Waals surface area (Å²) in [6.45, 7) is 85.9. The number of pyridine rings is 2. The largest absolute Gasteiger partial charge is 0.264 e. The molecule has 0 amide bonds. The third kappa shape index (κ3) is 46.5. The molecule has 5 nitrogen and oxygen atoms in total. The summed E-state index contributed by atoms with van der Waals surface area (Å²) in [5.41, 5.74) is 18.6. The van der Waals surface area contributed by atoms with Gasteiger partial charge >= 0.3 is 0 Å². The van der Waals surface area contributed by atoms with Gasteiger partial charge < -0.3 is 0 Å². The molecule has 0 bridgehead atoms. The van der Waals surface area contributed by atoms with Crippen molar-refractivity contribution in [1.82, 2.24) is 24.9 Å². The maximum absolute atomic E-state index is 12.4. The summed E-state index contributed by atoms with van der Waals surface area (Å²) in [5, 5.41) is 6.49. The molecule has 11 aromatic rings. The second-order valence-corrected chi connectivity index (χ2v) is 48.0. The Kier molecular flexibility index (Phi) is 44.6. The lowest BCUT2D eigenvalue weighted by Gasteiger charge is -2.33. The van der Waals surface area contributed by atoms with E-state index in [1.165, 1.54) is 125 Å². The number of nitrogens with zero attached hydrogens (tertiary/aromatic N) is 5. The molecule has 0 N–H and O–H groups in total. The number of halogens is 2. The molecule has 121 heavy (non-hydrogen) atoms. The fourth-order valence-electron chi connectivity index (χ4n) is 11.9. The van der Waals surface area contributed by atoms with Crippen molar-refractivity contribution >= 4 is 55.8 Å². The molecule has 1 aliphatic carbocycles. The zero-order valence-corrected chi connectivity index (χ0v) is 86.4. The highest BCUT2D eigenvalue weighted by molar-refractivity contribution is 7.18. The molecule has 10 heteroatoms. The number of rotatable bonds is 2. The van der Waals surface area contributed by atoms with Crippen molar-refractivity contribution in [2.24, 2.45) is 16.7 Å². The molecule has 0 unspecified atom stereocenters. The minimum Gasteiger partial charge on any atom is -0.264 e. The molecule has 0 spiro atoms. The van der Waals surface area contributed by atoms with Crippen LogP contribution in [0, 0.1) is 50.3 Å². The number of thiazole rings is 3. The van der Waals surface area contributed by atoms with Gasteiger partial charge in [0.2, 0.25) is 0 Å². The summed E-state index contributed by atoms with van der Waals surface area (Å²) < 4.78 is 13.7. The maximum Gasteiger partial charge on any atom is 0.141 e. The molecule has 6 aromatic carbocycles. The van der Waals surface area contributed by atoms with Crippen LogP contribution < -0.4 is 0 Å². The Labute approximate surface area is 757 Å². The molecule has 5 aromatic heterocycles. The van der Waals surface area contributed by atoms with Gasteiger partial charge in [0.05, 0.1) is 31.4 Å². The molecule has 666 valence electrons. The molecule has 1 aliphatic rings. The monoisotopic (exact) mass is 1720 g/mol. The Bertz CT molecular complexity index is 4490. The van der Waals surface area contributed by atoms with Crippen LogP contribution in [0.1, 0.15) is 362 Å². The molecular formula is C111H165ClFN5S3. The van der Waals surface area contributed by atoms with Crippen LogP contribution in [-0.2, 0) is 55.2 Å². The van der Waals surface area contributed by atoms with E-state index < -0.39 is 0 Å². The van der Waals surface area contributed by atoms with Gasteiger partial charge in [0.25, 0.3) is 0 Å². The molecule has 0 aliphatic heterocycles. The van der Waals surface area contributed by atoms with E-state index in [1.54, 1.807) is 34.9 Å². The molecule has 0 radical (unpaired) electrons. The van der Waals surface area contributed by atoms with Crippen LogP contribution in [0.25, 0.3) is 10.2 Å². The number of hydrogen-bond acceptors (Lipinski definition) is 8. The van der Waals surface area contributed by atoms with Crippen molar-refractivity contribution in [1.29, 1.82) is 0 Å². The summed E-state index contributed by atoms with van der Waals surface area (Å²) in [6, 6.07) is 58.7. The van der Waals surface area contributed by atoms with E-state index in [9.17, 15) is 4.39 Å². The lowest BCUT2D eigenvalue weighted by Crippen LogP contribution is -2.22. The first-order valence-electron chi connectivity index (χ1n) is 44.0. The Morgan fingerprint density at radius 2 is 0.868 bits per heavy atom. The molecule has 0 atom stereocenters. The van der Waals surface area contributed by atoms with Crippen LogP contribution in [0.5, 0.6) is 0 Å². The zero-order chi connectivity index (χ0) is 92.6. The van der Waals surface area contributed by atoms with Crippen molar-refractivity contribution in [3.05, 3.63) is 298 Å². The zero-order valence-electron chi connectivity index (χ0n) is 83.2. The number of benzene rings is 6. The number of aryl methyl sites for hydroxylation is 4. The lowest BCUT2D eigenvalue weighted by atomic mass is 9.72. The van der Waals surface area contributed by atoms with Gasteiger partial charge in [0.1, 0.15) is 5.82 Å². The quantitative estimate of drug-likeness (QED) is 0.173. The number of hydrogen-bond donors (Lipinski definition) is 0. The second kappa shape index (κ2) is 49.0. The van der Waals surface area contributed by atoms with Crippen molar-refractivity contribution in [2.45, 2.75) is 363 Å². The SMILES string of the molecule is CC(C)(C)C1CCCCC1.CC(C)(C)Cc1ccccc1.CC(C)(C)c1ccc(F)cn1.CC(C)(C)c1cccc(Cl)c1.CC(C)(C)c1cccnc1.CC(C)(C)c1nccs1.CC(C)c1ccc(C(C)(C)C)cc1.Cc1ccc(C(C)(C)C)cc1.Cc1ccc2nc(C(C)(C)C)sc2c1.Cc1cccc(C(C)(C)C)c1.Cc1cnc(C(C)(C)C)s1. The van der Waals surface area contributed by atoms with Gasteiger partial charge in [-0.05, 0) is 184 Å². The first kappa shape index (κ1) is 110. The van der Waals surface area contributed by atoms with Crippen molar-refractivity contribution in [2.75, 3.05) is 0 Å². The van der Waals surface area contributed by atoms with Crippen LogP contribution in [-0.4, -0.2) is 24.9 Å². The van der Waals surface area contributed by atoms with Crippen molar-refractivity contribution in [3.63, 3.8) is 0 Å². The minimum absolute atomic E-state index is 0.00764. The highest BCUT2D eigenvalue weighted by atomic mass is 35.5. The van der Waals surface area contributed by atoms with E-state index in [4.69, 9.17) is 11.6 Å². The van der Waals surface area contributed by atoms with Crippen LogP contribution in [0.3, 0.4) is 0 Å². The Balaban J connectivity index is 0.000000452. The van der Waals surface area contributed by atoms with Gasteiger partial charge in [-0.3, -0.25) is 9.97 Å².